The summed E-state index contributed by atoms with van der Waals surface area (Å²) in [7, 11) is 0. The Morgan fingerprint density at radius 2 is 0.714 bits per heavy atom. The molecule has 0 bridgehead atoms. The summed E-state index contributed by atoms with van der Waals surface area (Å²) in [4.78, 5) is 3.37. The average molecular weight is 588 g/mol. The first-order chi connectivity index (χ1) is 16.1. The quantitative estimate of drug-likeness (QED) is 0.225. The van der Waals surface area contributed by atoms with Crippen LogP contribution in [0.3, 0.4) is 0 Å². The minimum atomic E-state index is 0. The molecule has 0 nitrogen and oxygen atoms in total. The number of allylic oxidation sites excluding steroid dienone is 2. The SMILES string of the molecule is CCc1cc(CC)c(/C([S-])=C(\C)[S-])c(CC)c1.CCc1cc(CC)c(/C([S-])=C(\C)[S-])c(CC)c1.[Ni]. The maximum atomic E-state index is 5.49. The molecule has 0 atom stereocenters. The van der Waals surface area contributed by atoms with Gasteiger partial charge in [-0.15, -0.1) is 0 Å². The normalized spacial score (nSPS) is 12.1. The Bertz CT molecular complexity index is 893. The summed E-state index contributed by atoms with van der Waals surface area (Å²) in [6, 6.07) is 9.11. The minimum absolute atomic E-state index is 0. The van der Waals surface area contributed by atoms with Crippen molar-refractivity contribution in [3.63, 3.8) is 0 Å². The predicted molar refractivity (Wildman–Crippen MR) is 164 cm³/mol. The van der Waals surface area contributed by atoms with Crippen LogP contribution in [-0.2, 0) is 106 Å². The van der Waals surface area contributed by atoms with Crippen LogP contribution in [0.15, 0.2) is 34.1 Å². The van der Waals surface area contributed by atoms with E-state index in [1.165, 1.54) is 44.5 Å². The van der Waals surface area contributed by atoms with Crippen LogP contribution in [0.5, 0.6) is 0 Å². The molecule has 0 aliphatic carbocycles. The molecule has 0 radical (unpaired) electrons. The number of benzene rings is 2. The Hall–Kier alpha value is -0.706. The Labute approximate surface area is 247 Å². The van der Waals surface area contributed by atoms with Gasteiger partial charge in [0.1, 0.15) is 0 Å². The second-order valence-electron chi connectivity index (χ2n) is 8.47. The molecule has 0 unspecified atom stereocenters. The van der Waals surface area contributed by atoms with Crippen LogP contribution in [0.25, 0.3) is 9.81 Å². The third kappa shape index (κ3) is 9.27. The summed E-state index contributed by atoms with van der Waals surface area (Å²) in [5, 5.41) is 0. The Morgan fingerprint density at radius 3 is 0.857 bits per heavy atom. The van der Waals surface area contributed by atoms with E-state index >= 15 is 0 Å². The van der Waals surface area contributed by atoms with Gasteiger partial charge in [-0.1, -0.05) is 79.7 Å². The van der Waals surface area contributed by atoms with E-state index in [1.54, 1.807) is 0 Å². The van der Waals surface area contributed by atoms with Crippen molar-refractivity contribution < 1.29 is 16.5 Å². The van der Waals surface area contributed by atoms with Crippen molar-refractivity contribution in [1.82, 2.24) is 0 Å². The topological polar surface area (TPSA) is 0 Å². The van der Waals surface area contributed by atoms with Crippen molar-refractivity contribution in [2.45, 2.75) is 93.9 Å². The molecule has 0 saturated carbocycles. The van der Waals surface area contributed by atoms with Crippen LogP contribution >= 0.6 is 0 Å². The van der Waals surface area contributed by atoms with Crippen LogP contribution in [0.2, 0.25) is 0 Å². The van der Waals surface area contributed by atoms with Crippen molar-refractivity contribution in [2.24, 2.45) is 0 Å². The van der Waals surface area contributed by atoms with Gasteiger partial charge in [-0.2, -0.15) is 9.81 Å². The largest absolute Gasteiger partial charge is 0.785 e. The zero-order chi connectivity index (χ0) is 26.0. The maximum Gasteiger partial charge on any atom is 0 e. The van der Waals surface area contributed by atoms with Gasteiger partial charge in [0.25, 0.3) is 0 Å². The van der Waals surface area contributed by atoms with E-state index in [-0.39, 0.29) is 16.5 Å². The predicted octanol–water partition coefficient (Wildman–Crippen LogP) is 8.31. The molecule has 0 aliphatic heterocycles. The van der Waals surface area contributed by atoms with Crippen molar-refractivity contribution in [1.29, 1.82) is 0 Å². The molecule has 0 aliphatic rings. The van der Waals surface area contributed by atoms with Crippen LogP contribution in [-0.4, -0.2) is 0 Å². The first kappa shape index (κ1) is 34.3. The van der Waals surface area contributed by atoms with Gasteiger partial charge in [-0.05, 0) is 83.0 Å². The van der Waals surface area contributed by atoms with E-state index in [0.29, 0.717) is 0 Å². The monoisotopic (exact) mass is 586 g/mol. The van der Waals surface area contributed by atoms with Crippen molar-refractivity contribution in [3.05, 3.63) is 78.6 Å². The van der Waals surface area contributed by atoms with E-state index in [9.17, 15) is 0 Å². The molecular formula is C30H40NiS4-4. The summed E-state index contributed by atoms with van der Waals surface area (Å²) in [6.45, 7) is 16.9. The second kappa shape index (κ2) is 16.9. The molecule has 0 aromatic heterocycles. The van der Waals surface area contributed by atoms with Crippen LogP contribution in [0, 0.1) is 0 Å². The summed E-state index contributed by atoms with van der Waals surface area (Å²) in [5.41, 5.74) is 10.6. The van der Waals surface area contributed by atoms with Crippen molar-refractivity contribution >= 4 is 60.3 Å². The Kier molecular flexibility index (Phi) is 16.6. The molecular weight excluding hydrogens is 547 g/mol. The van der Waals surface area contributed by atoms with E-state index < -0.39 is 0 Å². The molecule has 2 rings (SSSR count). The molecule has 2 aromatic rings. The molecule has 0 spiro atoms. The minimum Gasteiger partial charge on any atom is -0.785 e. The van der Waals surface area contributed by atoms with Crippen LogP contribution < -0.4 is 0 Å². The molecule has 0 amide bonds. The first-order valence-corrected chi connectivity index (χ1v) is 14.1. The zero-order valence-corrected chi connectivity index (χ0v) is 26.8. The summed E-state index contributed by atoms with van der Waals surface area (Å²) in [6.07, 6.45) is 6.20. The van der Waals surface area contributed by atoms with Gasteiger partial charge >= 0.3 is 0 Å². The standard InChI is InChI=1S/2C15H22S2.Ni/c2*1-5-11-8-12(6-2)14(13(7-3)9-11)15(17)10(4)16;/h2*8-9,16-17H,5-7H2,1-4H3;/p-4/b2*15-10-;. The molecule has 0 N–H and O–H groups in total. The second-order valence-corrected chi connectivity index (χ2v) is 10.5. The average Bonchev–Trinajstić information content (AvgIpc) is 2.85. The van der Waals surface area contributed by atoms with Gasteiger partial charge in [0, 0.05) is 16.5 Å². The fraction of sp³-hybridized carbons (Fsp3) is 0.467. The zero-order valence-electron chi connectivity index (χ0n) is 22.5. The third-order valence-corrected chi connectivity index (χ3v) is 7.84. The molecule has 0 fully saturated rings. The molecule has 0 saturated heterocycles. The van der Waals surface area contributed by atoms with E-state index in [4.69, 9.17) is 50.5 Å². The first-order valence-electron chi connectivity index (χ1n) is 12.5. The third-order valence-electron chi connectivity index (χ3n) is 6.16. The van der Waals surface area contributed by atoms with E-state index in [2.05, 4.69) is 65.8 Å². The van der Waals surface area contributed by atoms with Crippen molar-refractivity contribution in [3.8, 4) is 0 Å². The summed E-state index contributed by atoms with van der Waals surface area (Å²) in [5.74, 6) is 0. The maximum absolute atomic E-state index is 5.49. The van der Waals surface area contributed by atoms with Gasteiger partial charge in [0.05, 0.1) is 0 Å². The number of hydrogen-bond donors (Lipinski definition) is 0. The fourth-order valence-electron chi connectivity index (χ4n) is 4.14. The fourth-order valence-corrected chi connectivity index (χ4v) is 4.87. The molecule has 5 heteroatoms. The molecule has 198 valence electrons. The number of aryl methyl sites for hydroxylation is 6. The molecule has 35 heavy (non-hydrogen) atoms. The Morgan fingerprint density at radius 1 is 0.486 bits per heavy atom. The van der Waals surface area contributed by atoms with Gasteiger partial charge < -0.3 is 50.5 Å². The number of hydrogen-bond acceptors (Lipinski definition) is 4. The molecule has 2 aromatic carbocycles. The van der Waals surface area contributed by atoms with Crippen LogP contribution in [0.4, 0.5) is 0 Å². The smallest absolute Gasteiger partial charge is 0 e. The molecule has 0 heterocycles. The van der Waals surface area contributed by atoms with Gasteiger partial charge in [-0.3, -0.25) is 0 Å². The Balaban J connectivity index is 0.000000642. The van der Waals surface area contributed by atoms with Crippen LogP contribution in [0.1, 0.15) is 99.9 Å². The van der Waals surface area contributed by atoms with Crippen molar-refractivity contribution in [2.75, 3.05) is 0 Å². The van der Waals surface area contributed by atoms with E-state index in [1.807, 2.05) is 13.8 Å². The summed E-state index contributed by atoms with van der Waals surface area (Å²) >= 11 is 21.5. The van der Waals surface area contributed by atoms with Gasteiger partial charge in [0.2, 0.25) is 0 Å². The van der Waals surface area contributed by atoms with E-state index in [0.717, 1.165) is 58.1 Å². The van der Waals surface area contributed by atoms with Gasteiger partial charge in [-0.25, -0.2) is 9.81 Å². The number of rotatable bonds is 8. The summed E-state index contributed by atoms with van der Waals surface area (Å²) < 4.78 is 0. The van der Waals surface area contributed by atoms with Gasteiger partial charge in [0.15, 0.2) is 0 Å².